The largest absolute Gasteiger partial charge is 0.462 e. The summed E-state index contributed by atoms with van der Waals surface area (Å²) in [6.45, 7) is 6.59. The van der Waals surface area contributed by atoms with Crippen LogP contribution in [-0.4, -0.2) is 37.2 Å². The van der Waals surface area contributed by atoms with Gasteiger partial charge in [-0.2, -0.15) is 0 Å². The molecule has 0 aromatic heterocycles. The molecule has 6 heteroatoms. The van der Waals surface area contributed by atoms with E-state index >= 15 is 0 Å². The molecule has 0 aliphatic heterocycles. The van der Waals surface area contributed by atoms with E-state index in [2.05, 4.69) is 93.7 Å². The van der Waals surface area contributed by atoms with Gasteiger partial charge in [0.05, 0.1) is 0 Å². The molecule has 404 valence electrons. The lowest BCUT2D eigenvalue weighted by Crippen LogP contribution is -2.30. The maximum atomic E-state index is 12.9. The first-order valence-electron chi connectivity index (χ1n) is 30.0. The molecule has 6 nitrogen and oxygen atoms in total. The van der Waals surface area contributed by atoms with Crippen LogP contribution in [0.2, 0.25) is 0 Å². The van der Waals surface area contributed by atoms with Crippen molar-refractivity contribution in [3.63, 3.8) is 0 Å². The van der Waals surface area contributed by atoms with Crippen LogP contribution in [0.3, 0.4) is 0 Å². The highest BCUT2D eigenvalue weighted by atomic mass is 16.6. The molecule has 0 aromatic rings. The van der Waals surface area contributed by atoms with Gasteiger partial charge in [0, 0.05) is 19.3 Å². The van der Waals surface area contributed by atoms with E-state index in [1.807, 2.05) is 0 Å². The first kappa shape index (κ1) is 66.9. The molecule has 0 spiro atoms. The van der Waals surface area contributed by atoms with Gasteiger partial charge in [-0.05, 0) is 96.3 Å². The standard InChI is InChI=1S/C64H112O6/c1-4-7-10-13-16-19-22-25-28-30-32-34-36-39-42-45-48-51-54-57-63(66)69-60-61(59-68-62(65)56-53-50-47-44-41-38-35-27-24-21-18-15-12-9-6-3)70-64(67)58-55-52-49-46-43-40-37-33-31-29-26-23-20-17-14-11-8-5-2/h16,19,21-26,29,31,33,37,61H,4-15,17-18,20,27-28,30,32,34-36,38-60H2,1-3H3/b19-16-,24-21-,25-22-,26-23-,31-29-,37-33-. The van der Waals surface area contributed by atoms with Crippen LogP contribution in [0, 0.1) is 0 Å². The molecule has 0 aromatic carbocycles. The fourth-order valence-corrected chi connectivity index (χ4v) is 8.43. The van der Waals surface area contributed by atoms with E-state index in [0.717, 1.165) is 83.5 Å². The molecule has 0 heterocycles. The fourth-order valence-electron chi connectivity index (χ4n) is 8.43. The van der Waals surface area contributed by atoms with E-state index < -0.39 is 6.10 Å². The minimum Gasteiger partial charge on any atom is -0.462 e. The number of carbonyl (C=O) groups excluding carboxylic acids is 3. The Balaban J connectivity index is 4.42. The second-order valence-electron chi connectivity index (χ2n) is 20.0. The van der Waals surface area contributed by atoms with Gasteiger partial charge in [-0.3, -0.25) is 14.4 Å². The summed E-state index contributed by atoms with van der Waals surface area (Å²) in [6, 6.07) is 0. The number of hydrogen-bond acceptors (Lipinski definition) is 6. The first-order chi connectivity index (χ1) is 34.5. The molecule has 0 bridgehead atoms. The molecule has 0 aliphatic rings. The molecule has 0 aliphatic carbocycles. The molecule has 70 heavy (non-hydrogen) atoms. The molecule has 0 fully saturated rings. The van der Waals surface area contributed by atoms with Crippen LogP contribution in [0.15, 0.2) is 72.9 Å². The number of unbranched alkanes of at least 4 members (excludes halogenated alkanes) is 34. The molecule has 0 saturated carbocycles. The van der Waals surface area contributed by atoms with Crippen molar-refractivity contribution in [1.82, 2.24) is 0 Å². The van der Waals surface area contributed by atoms with Crippen LogP contribution in [0.1, 0.15) is 297 Å². The molecular weight excluding hydrogens is 865 g/mol. The van der Waals surface area contributed by atoms with Crippen molar-refractivity contribution in [1.29, 1.82) is 0 Å². The van der Waals surface area contributed by atoms with Crippen molar-refractivity contribution in [3.05, 3.63) is 72.9 Å². The number of hydrogen-bond donors (Lipinski definition) is 0. The molecule has 1 atom stereocenters. The van der Waals surface area contributed by atoms with E-state index in [1.54, 1.807) is 0 Å². The lowest BCUT2D eigenvalue weighted by Gasteiger charge is -2.18. The van der Waals surface area contributed by atoms with Crippen LogP contribution in [-0.2, 0) is 28.6 Å². The third-order valence-electron chi connectivity index (χ3n) is 13.0. The number of allylic oxidation sites excluding steroid dienone is 12. The summed E-state index contributed by atoms with van der Waals surface area (Å²) >= 11 is 0. The highest BCUT2D eigenvalue weighted by Crippen LogP contribution is 2.15. The Morgan fingerprint density at radius 2 is 0.529 bits per heavy atom. The Hall–Kier alpha value is -3.15. The van der Waals surface area contributed by atoms with Gasteiger partial charge < -0.3 is 14.2 Å². The summed E-state index contributed by atoms with van der Waals surface area (Å²) in [6.07, 6.45) is 74.5. The first-order valence-corrected chi connectivity index (χ1v) is 30.0. The predicted molar refractivity (Wildman–Crippen MR) is 302 cm³/mol. The summed E-state index contributed by atoms with van der Waals surface area (Å²) in [5.41, 5.74) is 0. The van der Waals surface area contributed by atoms with Crippen molar-refractivity contribution >= 4 is 17.9 Å². The van der Waals surface area contributed by atoms with E-state index in [9.17, 15) is 14.4 Å². The lowest BCUT2D eigenvalue weighted by atomic mass is 10.1. The van der Waals surface area contributed by atoms with Crippen molar-refractivity contribution in [3.8, 4) is 0 Å². The summed E-state index contributed by atoms with van der Waals surface area (Å²) in [5, 5.41) is 0. The number of esters is 3. The second kappa shape index (κ2) is 58.4. The van der Waals surface area contributed by atoms with Gasteiger partial charge in [0.15, 0.2) is 6.10 Å². The zero-order valence-electron chi connectivity index (χ0n) is 46.3. The zero-order valence-corrected chi connectivity index (χ0v) is 46.3. The number of rotatable bonds is 54. The highest BCUT2D eigenvalue weighted by Gasteiger charge is 2.19. The van der Waals surface area contributed by atoms with Gasteiger partial charge in [-0.1, -0.05) is 254 Å². The average molecular weight is 978 g/mol. The predicted octanol–water partition coefficient (Wildman–Crippen LogP) is 20.2. The van der Waals surface area contributed by atoms with Gasteiger partial charge in [0.1, 0.15) is 13.2 Å². The van der Waals surface area contributed by atoms with Crippen molar-refractivity contribution in [2.75, 3.05) is 13.2 Å². The molecule has 0 N–H and O–H groups in total. The van der Waals surface area contributed by atoms with Crippen LogP contribution in [0.4, 0.5) is 0 Å². The molecule has 0 rings (SSSR count). The smallest absolute Gasteiger partial charge is 0.306 e. The third-order valence-corrected chi connectivity index (χ3v) is 13.0. The molecule has 1 unspecified atom stereocenters. The van der Waals surface area contributed by atoms with Crippen molar-refractivity contribution in [2.45, 2.75) is 303 Å². The van der Waals surface area contributed by atoms with Crippen LogP contribution in [0.5, 0.6) is 0 Å². The van der Waals surface area contributed by atoms with Crippen molar-refractivity contribution in [2.24, 2.45) is 0 Å². The van der Waals surface area contributed by atoms with Gasteiger partial charge in [0.25, 0.3) is 0 Å². The zero-order chi connectivity index (χ0) is 50.7. The van der Waals surface area contributed by atoms with Gasteiger partial charge in [0.2, 0.25) is 0 Å². The second-order valence-corrected chi connectivity index (χ2v) is 20.0. The van der Waals surface area contributed by atoms with E-state index in [4.69, 9.17) is 14.2 Å². The maximum Gasteiger partial charge on any atom is 0.306 e. The quantitative estimate of drug-likeness (QED) is 0.0199. The molecular formula is C64H112O6. The van der Waals surface area contributed by atoms with Crippen LogP contribution < -0.4 is 0 Å². The van der Waals surface area contributed by atoms with Crippen molar-refractivity contribution < 1.29 is 28.6 Å². The number of carbonyl (C=O) groups is 3. The van der Waals surface area contributed by atoms with Gasteiger partial charge in [-0.25, -0.2) is 0 Å². The van der Waals surface area contributed by atoms with Crippen LogP contribution in [0.25, 0.3) is 0 Å². The lowest BCUT2D eigenvalue weighted by molar-refractivity contribution is -0.167. The normalized spacial score (nSPS) is 12.6. The van der Waals surface area contributed by atoms with E-state index in [-0.39, 0.29) is 31.1 Å². The SMILES string of the molecule is CCCCC/C=C\C=C/CCCCCCCCCCCCC(=O)OCC(COC(=O)CCCCCCCCC/C=C\CCCCCC)OC(=O)CCCCCCC\C=C/C=C\C=C/CCCCCCC. The third kappa shape index (κ3) is 55.8. The number of ether oxygens (including phenoxy) is 3. The van der Waals surface area contributed by atoms with Crippen LogP contribution >= 0.6 is 0 Å². The highest BCUT2D eigenvalue weighted by molar-refractivity contribution is 5.71. The van der Waals surface area contributed by atoms with E-state index in [0.29, 0.717) is 19.3 Å². The minimum atomic E-state index is -0.790. The van der Waals surface area contributed by atoms with Gasteiger partial charge >= 0.3 is 17.9 Å². The molecule has 0 saturated heterocycles. The van der Waals surface area contributed by atoms with Gasteiger partial charge in [-0.15, -0.1) is 0 Å². The Bertz CT molecular complexity index is 1310. The monoisotopic (exact) mass is 977 g/mol. The molecule has 0 radical (unpaired) electrons. The Morgan fingerprint density at radius 3 is 0.886 bits per heavy atom. The maximum absolute atomic E-state index is 12.9. The Morgan fingerprint density at radius 1 is 0.286 bits per heavy atom. The summed E-state index contributed by atoms with van der Waals surface area (Å²) < 4.78 is 16.9. The summed E-state index contributed by atoms with van der Waals surface area (Å²) in [4.78, 5) is 38.2. The topological polar surface area (TPSA) is 78.9 Å². The Kier molecular flexibility index (Phi) is 55.8. The van der Waals surface area contributed by atoms with E-state index in [1.165, 1.54) is 173 Å². The fraction of sp³-hybridized carbons (Fsp3) is 0.766. The summed E-state index contributed by atoms with van der Waals surface area (Å²) in [5.74, 6) is -0.903. The molecule has 0 amide bonds. The minimum absolute atomic E-state index is 0.0861. The average Bonchev–Trinajstić information content (AvgIpc) is 3.36. The Labute approximate surface area is 433 Å². The summed E-state index contributed by atoms with van der Waals surface area (Å²) in [7, 11) is 0.